The highest BCUT2D eigenvalue weighted by molar-refractivity contribution is 7.89. The van der Waals surface area contributed by atoms with Crippen LogP contribution in [0.25, 0.3) is 0 Å². The van der Waals surface area contributed by atoms with Crippen LogP contribution in [0.1, 0.15) is 37.6 Å². The molecule has 2 aromatic rings. The molecular weight excluding hydrogens is 326 g/mol. The van der Waals surface area contributed by atoms with Crippen molar-refractivity contribution in [2.45, 2.75) is 50.8 Å². The number of sulfonamides is 1. The Morgan fingerprint density at radius 1 is 1.29 bits per heavy atom. The van der Waals surface area contributed by atoms with Gasteiger partial charge in [-0.15, -0.1) is 0 Å². The van der Waals surface area contributed by atoms with E-state index < -0.39 is 16.1 Å². The Bertz CT molecular complexity index is 755. The van der Waals surface area contributed by atoms with E-state index in [4.69, 9.17) is 0 Å². The Kier molecular flexibility index (Phi) is 6.15. The Morgan fingerprint density at radius 3 is 2.50 bits per heavy atom. The summed E-state index contributed by atoms with van der Waals surface area (Å²) in [5, 5.41) is 9.74. The lowest BCUT2D eigenvalue weighted by Gasteiger charge is -2.19. The smallest absolute Gasteiger partial charge is 0.259 e. The molecule has 0 radical (unpaired) electrons. The predicted octanol–water partition coefficient (Wildman–Crippen LogP) is 2.04. The zero-order valence-corrected chi connectivity index (χ0v) is 15.1. The molecule has 132 valence electrons. The molecule has 2 rings (SSSR count). The molecule has 0 bridgehead atoms. The fourth-order valence-corrected chi connectivity index (χ4v) is 3.77. The second kappa shape index (κ2) is 7.92. The Labute approximate surface area is 143 Å². The molecule has 0 amide bonds. The van der Waals surface area contributed by atoms with Crippen LogP contribution in [0.4, 0.5) is 0 Å². The lowest BCUT2D eigenvalue weighted by Crippen LogP contribution is -2.30. The third-order valence-corrected chi connectivity index (χ3v) is 5.28. The van der Waals surface area contributed by atoms with Crippen LogP contribution in [-0.2, 0) is 16.6 Å². The summed E-state index contributed by atoms with van der Waals surface area (Å²) in [6.45, 7) is 6.31. The van der Waals surface area contributed by atoms with Crippen molar-refractivity contribution in [1.29, 1.82) is 0 Å². The summed E-state index contributed by atoms with van der Waals surface area (Å²) in [5.74, 6) is 0.566. The molecule has 7 heteroatoms. The zero-order valence-electron chi connectivity index (χ0n) is 14.3. The highest BCUT2D eigenvalue weighted by Gasteiger charge is 2.22. The van der Waals surface area contributed by atoms with Gasteiger partial charge in [-0.3, -0.25) is 0 Å². The molecule has 24 heavy (non-hydrogen) atoms. The monoisotopic (exact) mass is 351 g/mol. The fourth-order valence-electron chi connectivity index (χ4n) is 2.69. The molecule has 0 aliphatic heterocycles. The maximum absolute atomic E-state index is 12.5. The van der Waals surface area contributed by atoms with Gasteiger partial charge in [-0.2, -0.15) is 0 Å². The third kappa shape index (κ3) is 4.66. The summed E-state index contributed by atoms with van der Waals surface area (Å²) in [6, 6.07) is 9.61. The lowest BCUT2D eigenvalue weighted by atomic mass is 9.94. The first-order valence-electron chi connectivity index (χ1n) is 8.10. The second-order valence-electron chi connectivity index (χ2n) is 5.96. The molecule has 0 aliphatic carbocycles. The summed E-state index contributed by atoms with van der Waals surface area (Å²) >= 11 is 0. The van der Waals surface area contributed by atoms with Gasteiger partial charge in [0.15, 0.2) is 5.03 Å². The number of aryl methyl sites for hydroxylation is 2. The Balaban J connectivity index is 2.15. The minimum atomic E-state index is -3.67. The van der Waals surface area contributed by atoms with E-state index in [0.29, 0.717) is 18.8 Å². The molecule has 1 heterocycles. The molecule has 0 saturated heterocycles. The minimum absolute atomic E-state index is 0.0331. The van der Waals surface area contributed by atoms with Crippen LogP contribution < -0.4 is 4.72 Å². The van der Waals surface area contributed by atoms with Crippen LogP contribution in [0.3, 0.4) is 0 Å². The summed E-state index contributed by atoms with van der Waals surface area (Å²) < 4.78 is 29.4. The molecule has 2 atom stereocenters. The molecular formula is C17H25N3O3S. The van der Waals surface area contributed by atoms with Gasteiger partial charge in [-0.25, -0.2) is 18.1 Å². The van der Waals surface area contributed by atoms with Gasteiger partial charge >= 0.3 is 0 Å². The van der Waals surface area contributed by atoms with Gasteiger partial charge in [0.2, 0.25) is 0 Å². The van der Waals surface area contributed by atoms with Gasteiger partial charge in [0, 0.05) is 19.3 Å². The number of aliphatic hydroxyl groups excluding tert-OH is 1. The number of hydrogen-bond donors (Lipinski definition) is 2. The van der Waals surface area contributed by atoms with Gasteiger partial charge in [0.25, 0.3) is 10.0 Å². The van der Waals surface area contributed by atoms with E-state index in [2.05, 4.69) is 9.71 Å². The largest absolute Gasteiger partial charge is 0.393 e. The summed E-state index contributed by atoms with van der Waals surface area (Å²) in [4.78, 5) is 4.13. The number of aromatic nitrogens is 2. The molecule has 0 fully saturated rings. The minimum Gasteiger partial charge on any atom is -0.393 e. The molecule has 0 unspecified atom stereocenters. The van der Waals surface area contributed by atoms with Crippen molar-refractivity contribution >= 4 is 10.0 Å². The lowest BCUT2D eigenvalue weighted by molar-refractivity contribution is 0.174. The number of hydrogen-bond acceptors (Lipinski definition) is 4. The van der Waals surface area contributed by atoms with Crippen molar-refractivity contribution in [3.05, 3.63) is 47.9 Å². The number of nitrogens with one attached hydrogen (secondary N) is 1. The Morgan fingerprint density at radius 2 is 1.96 bits per heavy atom. The average molecular weight is 351 g/mol. The van der Waals surface area contributed by atoms with Crippen LogP contribution in [0.5, 0.6) is 0 Å². The first-order valence-corrected chi connectivity index (χ1v) is 9.58. The summed E-state index contributed by atoms with van der Waals surface area (Å²) in [5.41, 5.74) is 0.997. The molecule has 0 aliphatic rings. The SMILES string of the molecule is CCn1cc(S(=O)(=O)NC[C@@H](C[C@H](C)O)c2ccccc2)nc1C. The number of benzene rings is 1. The second-order valence-corrected chi connectivity index (χ2v) is 7.67. The van der Waals surface area contributed by atoms with Crippen LogP contribution >= 0.6 is 0 Å². The van der Waals surface area contributed by atoms with Gasteiger partial charge in [-0.05, 0) is 38.7 Å². The van der Waals surface area contributed by atoms with Crippen molar-refractivity contribution < 1.29 is 13.5 Å². The summed E-state index contributed by atoms with van der Waals surface area (Å²) in [6.07, 6.45) is 1.51. The van der Waals surface area contributed by atoms with E-state index in [-0.39, 0.29) is 17.5 Å². The van der Waals surface area contributed by atoms with Crippen LogP contribution in [0, 0.1) is 6.92 Å². The topological polar surface area (TPSA) is 84.2 Å². The fraction of sp³-hybridized carbons (Fsp3) is 0.471. The highest BCUT2D eigenvalue weighted by Crippen LogP contribution is 2.21. The van der Waals surface area contributed by atoms with Crippen LogP contribution in [0.2, 0.25) is 0 Å². The molecule has 0 spiro atoms. The van der Waals surface area contributed by atoms with Crippen molar-refractivity contribution in [1.82, 2.24) is 14.3 Å². The van der Waals surface area contributed by atoms with Crippen LogP contribution in [0.15, 0.2) is 41.6 Å². The summed E-state index contributed by atoms with van der Waals surface area (Å²) in [7, 11) is -3.67. The molecule has 0 saturated carbocycles. The van der Waals surface area contributed by atoms with E-state index in [1.165, 1.54) is 0 Å². The van der Waals surface area contributed by atoms with E-state index in [9.17, 15) is 13.5 Å². The first kappa shape index (κ1) is 18.6. The zero-order chi connectivity index (χ0) is 17.7. The number of nitrogens with zero attached hydrogens (tertiary/aromatic N) is 2. The van der Waals surface area contributed by atoms with Crippen molar-refractivity contribution in [3.8, 4) is 0 Å². The van der Waals surface area contributed by atoms with Gasteiger partial charge < -0.3 is 9.67 Å². The van der Waals surface area contributed by atoms with Crippen molar-refractivity contribution in [3.63, 3.8) is 0 Å². The number of rotatable bonds is 8. The maximum atomic E-state index is 12.5. The van der Waals surface area contributed by atoms with Crippen LogP contribution in [-0.4, -0.2) is 35.7 Å². The number of aliphatic hydroxyl groups is 1. The number of imidazole rings is 1. The Hall–Kier alpha value is -1.70. The van der Waals surface area contributed by atoms with Crippen molar-refractivity contribution in [2.75, 3.05) is 6.54 Å². The normalized spacial score (nSPS) is 14.5. The standard InChI is InChI=1S/C17H25N3O3S/c1-4-20-12-17(19-14(20)3)24(22,23)18-11-16(10-13(2)21)15-8-6-5-7-9-15/h5-9,12-13,16,18,21H,4,10-11H2,1-3H3/t13-,16+/m0/s1. The molecule has 1 aromatic carbocycles. The molecule has 1 aromatic heterocycles. The van der Waals surface area contributed by atoms with Gasteiger partial charge in [0.1, 0.15) is 5.82 Å². The van der Waals surface area contributed by atoms with Gasteiger partial charge in [-0.1, -0.05) is 30.3 Å². The average Bonchev–Trinajstić information content (AvgIpc) is 2.94. The first-order chi connectivity index (χ1) is 11.3. The van der Waals surface area contributed by atoms with E-state index >= 15 is 0 Å². The van der Waals surface area contributed by atoms with E-state index in [1.807, 2.05) is 37.3 Å². The van der Waals surface area contributed by atoms with E-state index in [1.54, 1.807) is 24.6 Å². The predicted molar refractivity (Wildman–Crippen MR) is 93.3 cm³/mol. The molecule has 6 nitrogen and oxygen atoms in total. The third-order valence-electron chi connectivity index (χ3n) is 3.99. The van der Waals surface area contributed by atoms with E-state index in [0.717, 1.165) is 5.56 Å². The quantitative estimate of drug-likeness (QED) is 0.762. The highest BCUT2D eigenvalue weighted by atomic mass is 32.2. The molecule has 2 N–H and O–H groups in total. The maximum Gasteiger partial charge on any atom is 0.259 e. The van der Waals surface area contributed by atoms with Crippen molar-refractivity contribution in [2.24, 2.45) is 0 Å². The van der Waals surface area contributed by atoms with Gasteiger partial charge in [0.05, 0.1) is 6.10 Å².